The molecule has 124 valence electrons. The van der Waals surface area contributed by atoms with Gasteiger partial charge < -0.3 is 10.2 Å². The zero-order chi connectivity index (χ0) is 16.8. The van der Waals surface area contributed by atoms with Crippen LogP contribution >= 0.6 is 23.2 Å². The highest BCUT2D eigenvalue weighted by atomic mass is 35.5. The van der Waals surface area contributed by atoms with Gasteiger partial charge in [-0.2, -0.15) is 0 Å². The first-order valence-corrected chi connectivity index (χ1v) is 9.58. The molecule has 0 radical (unpaired) electrons. The summed E-state index contributed by atoms with van der Waals surface area (Å²) in [4.78, 5) is 6.11. The van der Waals surface area contributed by atoms with Crippen molar-refractivity contribution in [2.24, 2.45) is 4.99 Å². The highest BCUT2D eigenvalue weighted by Crippen LogP contribution is 2.23. The van der Waals surface area contributed by atoms with Gasteiger partial charge in [-0.05, 0) is 24.1 Å². The highest BCUT2D eigenvalue weighted by Gasteiger charge is 2.08. The summed E-state index contributed by atoms with van der Waals surface area (Å²) in [7, 11) is 0.655. The van der Waals surface area contributed by atoms with E-state index in [1.54, 1.807) is 13.1 Å². The van der Waals surface area contributed by atoms with Crippen molar-refractivity contribution in [2.45, 2.75) is 13.0 Å². The van der Waals surface area contributed by atoms with E-state index in [0.717, 1.165) is 5.56 Å². The molecule has 0 atom stereocenters. The Balaban J connectivity index is 2.54. The lowest BCUT2D eigenvalue weighted by Crippen LogP contribution is -2.39. The van der Waals surface area contributed by atoms with Crippen molar-refractivity contribution >= 4 is 39.0 Å². The Morgan fingerprint density at radius 1 is 1.32 bits per heavy atom. The van der Waals surface area contributed by atoms with Gasteiger partial charge in [-0.1, -0.05) is 29.3 Å². The van der Waals surface area contributed by atoms with E-state index in [1.807, 2.05) is 24.1 Å². The standard InChI is InChI=1S/C14H21Cl2N3O2S/c1-17-14(18-7-4-8-22(3,20)21)19(2)10-11-5-6-12(15)13(16)9-11/h5-6,9H,4,7-8,10H2,1-3H3,(H,17,18). The number of guanidine groups is 1. The van der Waals surface area contributed by atoms with Crippen molar-refractivity contribution in [3.05, 3.63) is 33.8 Å². The van der Waals surface area contributed by atoms with Crippen molar-refractivity contribution in [2.75, 3.05) is 32.6 Å². The number of benzene rings is 1. The molecule has 0 spiro atoms. The van der Waals surface area contributed by atoms with Crippen LogP contribution in [0.5, 0.6) is 0 Å². The summed E-state index contributed by atoms with van der Waals surface area (Å²) in [5.74, 6) is 0.854. The lowest BCUT2D eigenvalue weighted by atomic mass is 10.2. The van der Waals surface area contributed by atoms with E-state index >= 15 is 0 Å². The van der Waals surface area contributed by atoms with Gasteiger partial charge in [0.05, 0.1) is 15.8 Å². The summed E-state index contributed by atoms with van der Waals surface area (Å²) < 4.78 is 22.2. The fraction of sp³-hybridized carbons (Fsp3) is 0.500. The molecule has 0 aliphatic rings. The first-order chi connectivity index (χ1) is 10.2. The van der Waals surface area contributed by atoms with Gasteiger partial charge in [-0.3, -0.25) is 4.99 Å². The molecule has 0 bridgehead atoms. The average Bonchev–Trinajstić information content (AvgIpc) is 2.41. The Labute approximate surface area is 142 Å². The number of halogens is 2. The van der Waals surface area contributed by atoms with Crippen LogP contribution in [-0.2, 0) is 16.4 Å². The Bertz CT molecular complexity index is 633. The number of nitrogens with zero attached hydrogens (tertiary/aromatic N) is 2. The Morgan fingerprint density at radius 2 is 2.00 bits per heavy atom. The van der Waals surface area contributed by atoms with E-state index in [2.05, 4.69) is 10.3 Å². The average molecular weight is 366 g/mol. The maximum atomic E-state index is 11.1. The van der Waals surface area contributed by atoms with Gasteiger partial charge in [0.2, 0.25) is 0 Å². The minimum atomic E-state index is -2.93. The molecule has 0 saturated heterocycles. The van der Waals surface area contributed by atoms with E-state index in [0.29, 0.717) is 35.5 Å². The van der Waals surface area contributed by atoms with E-state index in [-0.39, 0.29) is 5.75 Å². The second-order valence-corrected chi connectivity index (χ2v) is 8.14. The summed E-state index contributed by atoms with van der Waals surface area (Å²) in [5, 5.41) is 4.18. The quantitative estimate of drug-likeness (QED) is 0.477. The van der Waals surface area contributed by atoms with Gasteiger partial charge in [-0.25, -0.2) is 8.42 Å². The molecule has 1 aromatic carbocycles. The summed E-state index contributed by atoms with van der Waals surface area (Å²) in [6.45, 7) is 1.16. The zero-order valence-electron chi connectivity index (χ0n) is 12.9. The fourth-order valence-corrected chi connectivity index (χ4v) is 2.90. The van der Waals surface area contributed by atoms with Gasteiger partial charge >= 0.3 is 0 Å². The molecule has 5 nitrogen and oxygen atoms in total. The predicted octanol–water partition coefficient (Wildman–Crippen LogP) is 2.44. The molecule has 22 heavy (non-hydrogen) atoms. The van der Waals surface area contributed by atoms with Crippen LogP contribution in [0.4, 0.5) is 0 Å². The van der Waals surface area contributed by atoms with Crippen LogP contribution in [0.1, 0.15) is 12.0 Å². The first-order valence-electron chi connectivity index (χ1n) is 6.76. The molecule has 0 unspecified atom stereocenters. The van der Waals surface area contributed by atoms with Crippen LogP contribution in [0.3, 0.4) is 0 Å². The number of rotatable bonds is 6. The predicted molar refractivity (Wildman–Crippen MR) is 93.6 cm³/mol. The SMILES string of the molecule is CN=C(NCCCS(C)(=O)=O)N(C)Cc1ccc(Cl)c(Cl)c1. The van der Waals surface area contributed by atoms with Crippen molar-refractivity contribution in [1.29, 1.82) is 0 Å². The number of hydrogen-bond acceptors (Lipinski definition) is 3. The molecule has 0 aliphatic heterocycles. The molecule has 0 amide bonds. The maximum absolute atomic E-state index is 11.1. The zero-order valence-corrected chi connectivity index (χ0v) is 15.3. The van der Waals surface area contributed by atoms with Crippen molar-refractivity contribution in [1.82, 2.24) is 10.2 Å². The molecule has 1 N–H and O–H groups in total. The molecule has 0 heterocycles. The van der Waals surface area contributed by atoms with Gasteiger partial charge in [0.15, 0.2) is 5.96 Å². The van der Waals surface area contributed by atoms with Crippen LogP contribution in [0.2, 0.25) is 10.0 Å². The summed E-state index contributed by atoms with van der Waals surface area (Å²) in [6, 6.07) is 5.48. The van der Waals surface area contributed by atoms with Crippen LogP contribution in [0.25, 0.3) is 0 Å². The van der Waals surface area contributed by atoms with E-state index in [9.17, 15) is 8.42 Å². The van der Waals surface area contributed by atoms with Crippen molar-refractivity contribution < 1.29 is 8.42 Å². The van der Waals surface area contributed by atoms with Crippen molar-refractivity contribution in [3.8, 4) is 0 Å². The van der Waals surface area contributed by atoms with Crippen molar-refractivity contribution in [3.63, 3.8) is 0 Å². The molecule has 0 fully saturated rings. The second kappa shape index (κ2) is 8.60. The monoisotopic (exact) mass is 365 g/mol. The molecule has 0 aromatic heterocycles. The second-order valence-electron chi connectivity index (χ2n) is 5.06. The summed E-state index contributed by atoms with van der Waals surface area (Å²) in [5.41, 5.74) is 1.01. The molecule has 1 rings (SSSR count). The third kappa shape index (κ3) is 6.85. The largest absolute Gasteiger partial charge is 0.356 e. The fourth-order valence-electron chi connectivity index (χ4n) is 1.91. The van der Waals surface area contributed by atoms with E-state index in [1.165, 1.54) is 6.26 Å². The van der Waals surface area contributed by atoms with Gasteiger partial charge in [0.25, 0.3) is 0 Å². The Morgan fingerprint density at radius 3 is 2.55 bits per heavy atom. The number of hydrogen-bond donors (Lipinski definition) is 1. The topological polar surface area (TPSA) is 61.8 Å². The minimum absolute atomic E-state index is 0.160. The Hall–Kier alpha value is -0.980. The molecular formula is C14H21Cl2N3O2S. The summed E-state index contributed by atoms with van der Waals surface area (Å²) >= 11 is 11.9. The maximum Gasteiger partial charge on any atom is 0.193 e. The molecule has 8 heteroatoms. The Kier molecular flexibility index (Phi) is 7.45. The van der Waals surface area contributed by atoms with Gasteiger partial charge in [-0.15, -0.1) is 0 Å². The summed E-state index contributed by atoms with van der Waals surface area (Å²) in [6.07, 6.45) is 1.77. The van der Waals surface area contributed by atoms with Crippen LogP contribution in [0, 0.1) is 0 Å². The molecule has 0 saturated carbocycles. The number of sulfone groups is 1. The molecule has 1 aromatic rings. The van der Waals surface area contributed by atoms with E-state index in [4.69, 9.17) is 23.2 Å². The third-order valence-corrected chi connectivity index (χ3v) is 4.72. The lowest BCUT2D eigenvalue weighted by Gasteiger charge is -2.22. The lowest BCUT2D eigenvalue weighted by molar-refractivity contribution is 0.476. The van der Waals surface area contributed by atoms with Crippen LogP contribution in [0.15, 0.2) is 23.2 Å². The van der Waals surface area contributed by atoms with Gasteiger partial charge in [0.1, 0.15) is 9.84 Å². The molecule has 0 aliphatic carbocycles. The smallest absolute Gasteiger partial charge is 0.193 e. The van der Waals surface area contributed by atoms with Gasteiger partial charge in [0, 0.05) is 33.4 Å². The van der Waals surface area contributed by atoms with E-state index < -0.39 is 9.84 Å². The molecular weight excluding hydrogens is 345 g/mol. The number of nitrogens with one attached hydrogen (secondary N) is 1. The van der Waals surface area contributed by atoms with Crippen LogP contribution in [-0.4, -0.2) is 51.9 Å². The van der Waals surface area contributed by atoms with Crippen LogP contribution < -0.4 is 5.32 Å². The normalized spacial score (nSPS) is 12.3. The first kappa shape index (κ1) is 19.1. The minimum Gasteiger partial charge on any atom is -0.356 e. The third-order valence-electron chi connectivity index (χ3n) is 2.95. The number of aliphatic imine (C=N–C) groups is 1. The highest BCUT2D eigenvalue weighted by molar-refractivity contribution is 7.90.